The number of ether oxygens (including phenoxy) is 2. The van der Waals surface area contributed by atoms with Gasteiger partial charge in [-0.3, -0.25) is 9.59 Å². The summed E-state index contributed by atoms with van der Waals surface area (Å²) in [6.07, 6.45) is 0.292. The van der Waals surface area contributed by atoms with E-state index in [-0.39, 0.29) is 13.0 Å². The zero-order chi connectivity index (χ0) is 27.8. The number of rotatable bonds is 16. The normalized spacial score (nSPS) is 15.9. The fraction of sp³-hybridized carbons (Fsp3) is 0.818. The molecule has 0 bridgehead atoms. The number of carbonyl (C=O) groups is 2. The van der Waals surface area contributed by atoms with Crippen LogP contribution in [-0.4, -0.2) is 74.5 Å². The van der Waals surface area contributed by atoms with Crippen LogP contribution in [0.4, 0.5) is 0 Å². The lowest BCUT2D eigenvalue weighted by Crippen LogP contribution is -2.67. The van der Waals surface area contributed by atoms with Gasteiger partial charge in [0, 0.05) is 5.92 Å². The average molecular weight is 569 g/mol. The monoisotopic (exact) mass is 568 g/mol. The molecular weight excluding hydrogens is 521 g/mol. The van der Waals surface area contributed by atoms with Crippen molar-refractivity contribution in [2.24, 2.45) is 11.8 Å². The molecule has 206 valence electrons. The number of hydrogen-bond acceptors (Lipinski definition) is 9. The maximum atomic E-state index is 13.1. The zero-order valence-corrected chi connectivity index (χ0v) is 27.5. The summed E-state index contributed by atoms with van der Waals surface area (Å²) >= 11 is 0. The maximum absolute atomic E-state index is 13.1. The molecular formula is C22H48O9Si4. The molecule has 0 aliphatic heterocycles. The van der Waals surface area contributed by atoms with Gasteiger partial charge in [0.2, 0.25) is 0 Å². The van der Waals surface area contributed by atoms with E-state index in [4.69, 9.17) is 21.8 Å². The van der Waals surface area contributed by atoms with Crippen molar-refractivity contribution in [1.29, 1.82) is 0 Å². The predicted octanol–water partition coefficient (Wildman–Crippen LogP) is 4.02. The minimum atomic E-state index is -3.54. The molecule has 0 spiro atoms. The second kappa shape index (κ2) is 13.8. The second-order valence-corrected chi connectivity index (χ2v) is 28.6. The van der Waals surface area contributed by atoms with Gasteiger partial charge in [-0.1, -0.05) is 19.9 Å². The Balaban J connectivity index is 5.97. The van der Waals surface area contributed by atoms with Crippen LogP contribution in [0.5, 0.6) is 0 Å². The average Bonchev–Trinajstić information content (AvgIpc) is 2.61. The molecule has 0 aromatic heterocycles. The van der Waals surface area contributed by atoms with E-state index in [0.29, 0.717) is 6.42 Å². The Morgan fingerprint density at radius 1 is 0.857 bits per heavy atom. The van der Waals surface area contributed by atoms with Crippen molar-refractivity contribution in [2.75, 3.05) is 6.61 Å². The molecule has 13 heteroatoms. The van der Waals surface area contributed by atoms with Crippen LogP contribution in [0, 0.1) is 11.8 Å². The Labute approximate surface area is 215 Å². The largest absolute Gasteiger partial charge is 0.512 e. The Hall–Kier alpha value is -0.652. The van der Waals surface area contributed by atoms with Gasteiger partial charge in [-0.2, -0.15) is 0 Å². The van der Waals surface area contributed by atoms with Crippen molar-refractivity contribution in [1.82, 2.24) is 0 Å². The molecule has 0 radical (unpaired) electrons. The standard InChI is InChI=1S/C22H48O9Si4/c1-13-18(21(25)27-16-15-17(3)20(23)24)22(26)28-19(14-2)35(29-32(4,5)6,30-33(7,8)9)31-34(10,11)12/h13,17-20,23-24H,1,14-16H2,2-12H3. The molecule has 2 N–H and O–H groups in total. The molecule has 0 saturated heterocycles. The van der Waals surface area contributed by atoms with Crippen LogP contribution in [0.3, 0.4) is 0 Å². The Kier molecular flexibility index (Phi) is 13.5. The third-order valence-electron chi connectivity index (χ3n) is 4.44. The van der Waals surface area contributed by atoms with E-state index in [2.05, 4.69) is 6.58 Å². The first-order valence-electron chi connectivity index (χ1n) is 12.1. The molecule has 0 aliphatic rings. The fourth-order valence-electron chi connectivity index (χ4n) is 3.03. The highest BCUT2D eigenvalue weighted by molar-refractivity contribution is 6.90. The van der Waals surface area contributed by atoms with Crippen molar-refractivity contribution in [3.63, 3.8) is 0 Å². The number of aliphatic hydroxyl groups is 2. The number of esters is 2. The summed E-state index contributed by atoms with van der Waals surface area (Å²) in [6.45, 7) is 25.4. The second-order valence-electron chi connectivity index (χ2n) is 11.6. The van der Waals surface area contributed by atoms with Gasteiger partial charge in [-0.25, -0.2) is 0 Å². The summed E-state index contributed by atoms with van der Waals surface area (Å²) in [5.41, 5.74) is -0.792. The molecule has 0 aromatic carbocycles. The third kappa shape index (κ3) is 13.5. The van der Waals surface area contributed by atoms with Crippen LogP contribution >= 0.6 is 0 Å². The van der Waals surface area contributed by atoms with Crippen molar-refractivity contribution in [3.8, 4) is 0 Å². The molecule has 0 aliphatic carbocycles. The van der Waals surface area contributed by atoms with Crippen LogP contribution in [-0.2, 0) is 31.4 Å². The van der Waals surface area contributed by atoms with Crippen LogP contribution < -0.4 is 0 Å². The van der Waals surface area contributed by atoms with Crippen molar-refractivity contribution in [3.05, 3.63) is 12.7 Å². The first-order chi connectivity index (χ1) is 15.7. The summed E-state index contributed by atoms with van der Waals surface area (Å²) < 4.78 is 31.1. The van der Waals surface area contributed by atoms with E-state index in [0.717, 1.165) is 0 Å². The van der Waals surface area contributed by atoms with Crippen molar-refractivity contribution in [2.45, 2.75) is 97.6 Å². The lowest BCUT2D eigenvalue weighted by molar-refractivity contribution is -0.162. The Morgan fingerprint density at radius 2 is 1.29 bits per heavy atom. The van der Waals surface area contributed by atoms with Crippen molar-refractivity contribution >= 4 is 45.7 Å². The van der Waals surface area contributed by atoms with Crippen LogP contribution in [0.2, 0.25) is 58.9 Å². The molecule has 9 nitrogen and oxygen atoms in total. The molecule has 3 unspecified atom stereocenters. The van der Waals surface area contributed by atoms with E-state index >= 15 is 0 Å². The van der Waals surface area contributed by atoms with Gasteiger partial charge < -0.3 is 32.0 Å². The smallest absolute Gasteiger partial charge is 0.465 e. The molecule has 3 atom stereocenters. The summed E-state index contributed by atoms with van der Waals surface area (Å²) in [5, 5.41) is 18.4. The summed E-state index contributed by atoms with van der Waals surface area (Å²) in [7, 11) is -10.2. The SMILES string of the molecule is C=CC(C(=O)OCCC(C)C(O)O)C(=O)OC(CC)[Si](O[Si](C)(C)C)(O[Si](C)(C)C)O[Si](C)(C)C. The maximum Gasteiger partial charge on any atom is 0.512 e. The lowest BCUT2D eigenvalue weighted by Gasteiger charge is -2.45. The van der Waals surface area contributed by atoms with E-state index in [1.54, 1.807) is 6.92 Å². The topological polar surface area (TPSA) is 121 Å². The summed E-state index contributed by atoms with van der Waals surface area (Å²) in [4.78, 5) is 25.7. The first-order valence-corrected chi connectivity index (χ1v) is 24.2. The number of hydrogen-bond donors (Lipinski definition) is 2. The van der Waals surface area contributed by atoms with Gasteiger partial charge >= 0.3 is 20.7 Å². The highest BCUT2D eigenvalue weighted by atomic mass is 28.5. The van der Waals surface area contributed by atoms with Gasteiger partial charge in [0.1, 0.15) is 0 Å². The van der Waals surface area contributed by atoms with Gasteiger partial charge in [-0.15, -0.1) is 6.58 Å². The molecule has 0 heterocycles. The highest BCUT2D eigenvalue weighted by Gasteiger charge is 2.58. The van der Waals surface area contributed by atoms with E-state index in [1.165, 1.54) is 6.08 Å². The van der Waals surface area contributed by atoms with Crippen LogP contribution in [0.15, 0.2) is 12.7 Å². The molecule has 0 aromatic rings. The van der Waals surface area contributed by atoms with Gasteiger partial charge in [-0.05, 0) is 71.8 Å². The van der Waals surface area contributed by atoms with Gasteiger partial charge in [0.05, 0.1) is 6.61 Å². The summed E-state index contributed by atoms with van der Waals surface area (Å²) in [6, 6.07) is 0. The lowest BCUT2D eigenvalue weighted by atomic mass is 10.1. The van der Waals surface area contributed by atoms with Gasteiger partial charge in [0.15, 0.2) is 42.9 Å². The van der Waals surface area contributed by atoms with E-state index in [9.17, 15) is 19.8 Å². The van der Waals surface area contributed by atoms with Crippen molar-refractivity contribution < 1.29 is 41.6 Å². The minimum absolute atomic E-state index is 0.0681. The van der Waals surface area contributed by atoms with Gasteiger partial charge in [0.25, 0.3) is 0 Å². The third-order valence-corrected chi connectivity index (χ3v) is 16.5. The fourth-order valence-corrected chi connectivity index (χ4v) is 17.2. The van der Waals surface area contributed by atoms with Crippen LogP contribution in [0.25, 0.3) is 0 Å². The van der Waals surface area contributed by atoms with E-state index < -0.39 is 69.5 Å². The van der Waals surface area contributed by atoms with Crippen LogP contribution in [0.1, 0.15) is 26.7 Å². The minimum Gasteiger partial charge on any atom is -0.465 e. The molecule has 0 rings (SSSR count). The summed E-state index contributed by atoms with van der Waals surface area (Å²) in [5.74, 6) is -3.43. The van der Waals surface area contributed by atoms with E-state index in [1.807, 2.05) is 65.8 Å². The molecule has 35 heavy (non-hydrogen) atoms. The quantitative estimate of drug-likeness (QED) is 0.0934. The molecule has 0 fully saturated rings. The Morgan fingerprint density at radius 3 is 1.60 bits per heavy atom. The zero-order valence-electron chi connectivity index (χ0n) is 23.5. The predicted molar refractivity (Wildman–Crippen MR) is 146 cm³/mol. The number of carbonyl (C=O) groups excluding carboxylic acids is 2. The Bertz CT molecular complexity index is 656. The highest BCUT2D eigenvalue weighted by Crippen LogP contribution is 2.31. The molecule has 0 amide bonds. The number of aliphatic hydroxyl groups excluding tert-OH is 1. The molecule has 0 saturated carbocycles. The first kappa shape index (κ1) is 34.3.